The van der Waals surface area contributed by atoms with Gasteiger partial charge in [0.15, 0.2) is 0 Å². The molecule has 1 atom stereocenters. The number of rotatable bonds is 4. The first-order valence-corrected chi connectivity index (χ1v) is 8.69. The molecule has 2 heterocycles. The Morgan fingerprint density at radius 1 is 1.33 bits per heavy atom. The number of benzene rings is 1. The van der Waals surface area contributed by atoms with Crippen molar-refractivity contribution in [2.75, 3.05) is 11.5 Å². The lowest BCUT2D eigenvalue weighted by Gasteiger charge is -2.35. The maximum absolute atomic E-state index is 4.35. The van der Waals surface area contributed by atoms with E-state index in [4.69, 9.17) is 0 Å². The normalized spacial score (nSPS) is 21.3. The highest BCUT2D eigenvalue weighted by molar-refractivity contribution is 7.99. The molecule has 1 aliphatic heterocycles. The van der Waals surface area contributed by atoms with Crippen LogP contribution in [0.3, 0.4) is 0 Å². The Kier molecular flexibility index (Phi) is 4.36. The summed E-state index contributed by atoms with van der Waals surface area (Å²) < 4.78 is 1.94. The Morgan fingerprint density at radius 3 is 2.95 bits per heavy atom. The maximum Gasteiger partial charge on any atom is 0.0690 e. The average Bonchev–Trinajstić information content (AvgIpc) is 2.98. The second kappa shape index (κ2) is 6.24. The molecule has 112 valence electrons. The molecule has 0 aliphatic carbocycles. The maximum atomic E-state index is 4.35. The molecule has 0 spiro atoms. The fourth-order valence-corrected chi connectivity index (χ4v) is 4.25. The van der Waals surface area contributed by atoms with Gasteiger partial charge in [-0.15, -0.1) is 0 Å². The molecular weight excluding hydrogens is 278 g/mol. The van der Waals surface area contributed by atoms with Crippen LogP contribution in [0.15, 0.2) is 42.7 Å². The van der Waals surface area contributed by atoms with Gasteiger partial charge in [0.25, 0.3) is 0 Å². The van der Waals surface area contributed by atoms with Gasteiger partial charge in [0.05, 0.1) is 5.69 Å². The number of nitrogens with zero attached hydrogens (tertiary/aromatic N) is 2. The molecule has 1 aromatic heterocycles. The van der Waals surface area contributed by atoms with Crippen molar-refractivity contribution in [2.45, 2.75) is 32.9 Å². The molecule has 0 amide bonds. The zero-order valence-corrected chi connectivity index (χ0v) is 13.6. The van der Waals surface area contributed by atoms with Crippen LogP contribution < -0.4 is 5.32 Å². The van der Waals surface area contributed by atoms with Gasteiger partial charge in [-0.1, -0.05) is 32.0 Å². The fourth-order valence-electron chi connectivity index (χ4n) is 2.94. The van der Waals surface area contributed by atoms with Crippen molar-refractivity contribution in [1.29, 1.82) is 0 Å². The van der Waals surface area contributed by atoms with E-state index in [1.165, 1.54) is 23.5 Å². The highest BCUT2D eigenvalue weighted by Gasteiger charge is 2.28. The van der Waals surface area contributed by atoms with Gasteiger partial charge in [-0.25, -0.2) is 4.68 Å². The monoisotopic (exact) mass is 301 g/mol. The van der Waals surface area contributed by atoms with Crippen LogP contribution in [0.1, 0.15) is 25.8 Å². The Bertz CT molecular complexity index is 577. The van der Waals surface area contributed by atoms with Gasteiger partial charge in [0, 0.05) is 30.7 Å². The van der Waals surface area contributed by atoms with Crippen molar-refractivity contribution in [3.8, 4) is 5.69 Å². The largest absolute Gasteiger partial charge is 0.309 e. The fraction of sp³-hybridized carbons (Fsp3) is 0.471. The molecule has 0 radical (unpaired) electrons. The zero-order valence-electron chi connectivity index (χ0n) is 12.7. The van der Waals surface area contributed by atoms with Crippen LogP contribution in [0.25, 0.3) is 5.69 Å². The number of aromatic nitrogens is 2. The third kappa shape index (κ3) is 3.69. The van der Waals surface area contributed by atoms with Gasteiger partial charge in [0.1, 0.15) is 0 Å². The smallest absolute Gasteiger partial charge is 0.0690 e. The highest BCUT2D eigenvalue weighted by atomic mass is 32.2. The van der Waals surface area contributed by atoms with Crippen LogP contribution in [0.2, 0.25) is 0 Å². The van der Waals surface area contributed by atoms with E-state index >= 15 is 0 Å². The van der Waals surface area contributed by atoms with E-state index in [0.29, 0.717) is 11.5 Å². The molecule has 21 heavy (non-hydrogen) atoms. The van der Waals surface area contributed by atoms with Crippen molar-refractivity contribution in [3.63, 3.8) is 0 Å². The summed E-state index contributed by atoms with van der Waals surface area (Å²) >= 11 is 2.07. The van der Waals surface area contributed by atoms with Gasteiger partial charge < -0.3 is 5.32 Å². The summed E-state index contributed by atoms with van der Waals surface area (Å²) in [7, 11) is 0. The predicted octanol–water partition coefficient (Wildman–Crippen LogP) is 3.49. The molecule has 1 fully saturated rings. The lowest BCUT2D eigenvalue weighted by Crippen LogP contribution is -2.40. The SMILES string of the molecule is CC1(C)CSCC(NCc2ccccc2-n2cccn2)C1. The summed E-state index contributed by atoms with van der Waals surface area (Å²) in [6.45, 7) is 5.63. The first-order chi connectivity index (χ1) is 10.1. The van der Waals surface area contributed by atoms with E-state index in [0.717, 1.165) is 12.2 Å². The molecule has 1 N–H and O–H groups in total. The highest BCUT2D eigenvalue weighted by Crippen LogP contribution is 2.33. The first-order valence-electron chi connectivity index (χ1n) is 7.53. The second-order valence-corrected chi connectivity index (χ2v) is 7.57. The second-order valence-electron chi connectivity index (χ2n) is 6.54. The Morgan fingerprint density at radius 2 is 2.19 bits per heavy atom. The van der Waals surface area contributed by atoms with Crippen LogP contribution in [-0.4, -0.2) is 27.3 Å². The van der Waals surface area contributed by atoms with Gasteiger partial charge in [-0.05, 0) is 35.3 Å². The van der Waals surface area contributed by atoms with Crippen molar-refractivity contribution >= 4 is 11.8 Å². The van der Waals surface area contributed by atoms with Gasteiger partial charge in [0.2, 0.25) is 0 Å². The van der Waals surface area contributed by atoms with E-state index in [1.54, 1.807) is 0 Å². The van der Waals surface area contributed by atoms with Gasteiger partial charge in [-0.3, -0.25) is 0 Å². The minimum atomic E-state index is 0.447. The summed E-state index contributed by atoms with van der Waals surface area (Å²) in [4.78, 5) is 0. The lowest BCUT2D eigenvalue weighted by molar-refractivity contribution is 0.317. The summed E-state index contributed by atoms with van der Waals surface area (Å²) in [6, 6.07) is 11.0. The van der Waals surface area contributed by atoms with E-state index < -0.39 is 0 Å². The molecular formula is C17H23N3S. The van der Waals surface area contributed by atoms with E-state index in [2.05, 4.69) is 60.3 Å². The quantitative estimate of drug-likeness (QED) is 0.937. The summed E-state index contributed by atoms with van der Waals surface area (Å²) in [5, 5.41) is 8.08. The van der Waals surface area contributed by atoms with Crippen LogP contribution >= 0.6 is 11.8 Å². The van der Waals surface area contributed by atoms with E-state index in [-0.39, 0.29) is 0 Å². The molecule has 3 nitrogen and oxygen atoms in total. The number of thioether (sulfide) groups is 1. The first kappa shape index (κ1) is 14.7. The minimum Gasteiger partial charge on any atom is -0.309 e. The van der Waals surface area contributed by atoms with Crippen LogP contribution in [0.4, 0.5) is 0 Å². The number of hydrogen-bond donors (Lipinski definition) is 1. The summed E-state index contributed by atoms with van der Waals surface area (Å²) in [5.74, 6) is 2.49. The van der Waals surface area contributed by atoms with E-state index in [1.807, 2.05) is 23.1 Å². The predicted molar refractivity (Wildman–Crippen MR) is 89.9 cm³/mol. The molecule has 1 aromatic carbocycles. The molecule has 2 aromatic rings. The lowest BCUT2D eigenvalue weighted by atomic mass is 9.88. The number of hydrogen-bond acceptors (Lipinski definition) is 3. The van der Waals surface area contributed by atoms with Crippen molar-refractivity contribution in [3.05, 3.63) is 48.3 Å². The van der Waals surface area contributed by atoms with Crippen LogP contribution in [-0.2, 0) is 6.54 Å². The number of para-hydroxylation sites is 1. The average molecular weight is 301 g/mol. The third-order valence-electron chi connectivity index (χ3n) is 3.93. The van der Waals surface area contributed by atoms with Crippen molar-refractivity contribution in [2.24, 2.45) is 5.41 Å². The van der Waals surface area contributed by atoms with Crippen LogP contribution in [0, 0.1) is 5.41 Å². The van der Waals surface area contributed by atoms with Crippen LogP contribution in [0.5, 0.6) is 0 Å². The molecule has 0 saturated carbocycles. The summed E-state index contributed by atoms with van der Waals surface area (Å²) in [5.41, 5.74) is 2.91. The molecule has 3 rings (SSSR count). The summed E-state index contributed by atoms with van der Waals surface area (Å²) in [6.07, 6.45) is 5.08. The van der Waals surface area contributed by atoms with E-state index in [9.17, 15) is 0 Å². The van der Waals surface area contributed by atoms with Crippen molar-refractivity contribution < 1.29 is 0 Å². The molecule has 1 saturated heterocycles. The topological polar surface area (TPSA) is 29.9 Å². The van der Waals surface area contributed by atoms with Crippen molar-refractivity contribution in [1.82, 2.24) is 15.1 Å². The van der Waals surface area contributed by atoms with Gasteiger partial charge >= 0.3 is 0 Å². The zero-order chi connectivity index (χ0) is 14.7. The molecule has 1 aliphatic rings. The minimum absolute atomic E-state index is 0.447. The Hall–Kier alpha value is -1.26. The molecule has 4 heteroatoms. The number of nitrogens with one attached hydrogen (secondary N) is 1. The third-order valence-corrected chi connectivity index (χ3v) is 5.56. The van der Waals surface area contributed by atoms with Gasteiger partial charge in [-0.2, -0.15) is 16.9 Å². The Labute approximate surface area is 131 Å². The molecule has 0 bridgehead atoms. The standard InChI is InChI=1S/C17H23N3S/c1-17(2)10-15(12-21-13-17)18-11-14-6-3-4-7-16(14)20-9-5-8-19-20/h3-9,15,18H,10-13H2,1-2H3. The Balaban J connectivity index is 1.68. The molecule has 1 unspecified atom stereocenters.